The van der Waals surface area contributed by atoms with E-state index in [1.807, 2.05) is 6.92 Å². The summed E-state index contributed by atoms with van der Waals surface area (Å²) in [6.07, 6.45) is 0.523. The molecule has 0 fully saturated rings. The monoisotopic (exact) mass is 92.1 g/mol. The van der Waals surface area contributed by atoms with Crippen LogP contribution >= 0.6 is 0 Å². The van der Waals surface area contributed by atoms with Crippen LogP contribution in [-0.4, -0.2) is 7.85 Å². The van der Waals surface area contributed by atoms with E-state index in [4.69, 9.17) is 7.85 Å². The third kappa shape index (κ3) is 2.27. The molecule has 0 spiro atoms. The van der Waals surface area contributed by atoms with Crippen LogP contribution in [0.2, 0.25) is 6.32 Å². The van der Waals surface area contributed by atoms with Crippen LogP contribution in [0.1, 0.15) is 6.92 Å². The van der Waals surface area contributed by atoms with Crippen molar-refractivity contribution in [2.45, 2.75) is 13.2 Å². The highest BCUT2D eigenvalue weighted by molar-refractivity contribution is 6.10. The summed E-state index contributed by atoms with van der Waals surface area (Å²) in [6.45, 7) is 9.19. The predicted molar refractivity (Wildman–Crippen MR) is 34.5 cm³/mol. The second-order valence-corrected chi connectivity index (χ2v) is 1.59. The summed E-state index contributed by atoms with van der Waals surface area (Å²) in [5.74, 6) is 0. The third-order valence-corrected chi connectivity index (χ3v) is 0.850. The van der Waals surface area contributed by atoms with E-state index < -0.39 is 0 Å². The average Bonchev–Trinajstić information content (AvgIpc) is 1.65. The normalized spacial score (nSPS) is 8.14. The summed E-state index contributed by atoms with van der Waals surface area (Å²) >= 11 is 0. The minimum atomic E-state index is 0.523. The smallest absolute Gasteiger partial charge is 0.0716 e. The van der Waals surface area contributed by atoms with Gasteiger partial charge in [-0.2, -0.15) is 0 Å². The fourth-order valence-electron chi connectivity index (χ4n) is 0.174. The largest absolute Gasteiger partial charge is 0.0963 e. The zero-order valence-corrected chi connectivity index (χ0v) is 4.70. The SMILES string of the molecule is [B]CC(=C)C(=C)C. The molecule has 2 radical (unpaired) electrons. The molecule has 0 heterocycles. The summed E-state index contributed by atoms with van der Waals surface area (Å²) in [7, 11) is 5.21. The van der Waals surface area contributed by atoms with Gasteiger partial charge in [0.1, 0.15) is 0 Å². The molecule has 0 unspecified atom stereocenters. The second kappa shape index (κ2) is 2.67. The molecule has 7 heavy (non-hydrogen) atoms. The molecule has 0 aromatic rings. The van der Waals surface area contributed by atoms with Gasteiger partial charge in [-0.15, -0.1) is 0 Å². The highest BCUT2D eigenvalue weighted by atomic mass is 13.9. The lowest BCUT2D eigenvalue weighted by Crippen LogP contribution is -1.77. The van der Waals surface area contributed by atoms with Crippen molar-refractivity contribution >= 4 is 7.85 Å². The Morgan fingerprint density at radius 1 is 1.57 bits per heavy atom. The lowest BCUT2D eigenvalue weighted by molar-refractivity contribution is 1.38. The molecule has 0 amide bonds. The van der Waals surface area contributed by atoms with E-state index >= 15 is 0 Å². The van der Waals surface area contributed by atoms with E-state index in [0.717, 1.165) is 11.1 Å². The van der Waals surface area contributed by atoms with Gasteiger partial charge >= 0.3 is 0 Å². The summed E-state index contributed by atoms with van der Waals surface area (Å²) in [5, 5.41) is 0. The molecule has 0 aliphatic heterocycles. The molecule has 0 aromatic heterocycles. The average molecular weight is 91.9 g/mol. The van der Waals surface area contributed by atoms with Crippen LogP contribution in [0, 0.1) is 0 Å². The van der Waals surface area contributed by atoms with Crippen LogP contribution in [0.15, 0.2) is 24.3 Å². The summed E-state index contributed by atoms with van der Waals surface area (Å²) in [5.41, 5.74) is 1.91. The number of allylic oxidation sites excluding steroid dienone is 2. The van der Waals surface area contributed by atoms with E-state index in [1.165, 1.54) is 0 Å². The quantitative estimate of drug-likeness (QED) is 0.359. The zero-order valence-electron chi connectivity index (χ0n) is 4.70. The first-order valence-electron chi connectivity index (χ1n) is 2.22. The summed E-state index contributed by atoms with van der Waals surface area (Å²) < 4.78 is 0. The van der Waals surface area contributed by atoms with Crippen molar-refractivity contribution in [2.24, 2.45) is 0 Å². The first-order valence-corrected chi connectivity index (χ1v) is 2.22. The van der Waals surface area contributed by atoms with Gasteiger partial charge in [-0.05, 0) is 6.92 Å². The second-order valence-electron chi connectivity index (χ2n) is 1.59. The van der Waals surface area contributed by atoms with Crippen LogP contribution in [0.25, 0.3) is 0 Å². The number of hydrogen-bond donors (Lipinski definition) is 0. The van der Waals surface area contributed by atoms with Gasteiger partial charge in [-0.1, -0.05) is 30.6 Å². The van der Waals surface area contributed by atoms with Crippen molar-refractivity contribution in [3.63, 3.8) is 0 Å². The molecule has 36 valence electrons. The van der Waals surface area contributed by atoms with Gasteiger partial charge < -0.3 is 0 Å². The highest BCUT2D eigenvalue weighted by Gasteiger charge is 1.85. The molecule has 0 aliphatic rings. The van der Waals surface area contributed by atoms with Crippen molar-refractivity contribution in [1.29, 1.82) is 0 Å². The van der Waals surface area contributed by atoms with Crippen LogP contribution in [0.4, 0.5) is 0 Å². The molecule has 0 saturated carbocycles. The van der Waals surface area contributed by atoms with Crippen LogP contribution < -0.4 is 0 Å². The number of rotatable bonds is 2. The maximum absolute atomic E-state index is 5.21. The molecule has 0 bridgehead atoms. The van der Waals surface area contributed by atoms with Crippen LogP contribution in [0.3, 0.4) is 0 Å². The summed E-state index contributed by atoms with van der Waals surface area (Å²) in [4.78, 5) is 0. The standard InChI is InChI=1S/C6H9B/c1-5(2)6(3)4-7/h1,3-4H2,2H3. The van der Waals surface area contributed by atoms with Gasteiger partial charge in [0.2, 0.25) is 0 Å². The fourth-order valence-corrected chi connectivity index (χ4v) is 0.174. The van der Waals surface area contributed by atoms with E-state index in [0.29, 0.717) is 6.32 Å². The number of hydrogen-bond acceptors (Lipinski definition) is 0. The Morgan fingerprint density at radius 3 is 2.00 bits per heavy atom. The topological polar surface area (TPSA) is 0 Å². The fraction of sp³-hybridized carbons (Fsp3) is 0.333. The molecule has 0 nitrogen and oxygen atoms in total. The molecule has 0 aliphatic carbocycles. The van der Waals surface area contributed by atoms with E-state index in [2.05, 4.69) is 13.2 Å². The minimum absolute atomic E-state index is 0.523. The maximum Gasteiger partial charge on any atom is 0.0716 e. The third-order valence-electron chi connectivity index (χ3n) is 0.850. The molecular formula is C6H9B. The molecule has 0 saturated heterocycles. The van der Waals surface area contributed by atoms with Crippen molar-refractivity contribution in [1.82, 2.24) is 0 Å². The zero-order chi connectivity index (χ0) is 5.86. The van der Waals surface area contributed by atoms with Gasteiger partial charge in [0, 0.05) is 0 Å². The Morgan fingerprint density at radius 2 is 2.00 bits per heavy atom. The molecule has 0 aromatic carbocycles. The molecule has 0 atom stereocenters. The maximum atomic E-state index is 5.21. The van der Waals surface area contributed by atoms with Crippen molar-refractivity contribution in [2.75, 3.05) is 0 Å². The first kappa shape index (κ1) is 6.54. The Balaban J connectivity index is 3.58. The Labute approximate surface area is 46.3 Å². The van der Waals surface area contributed by atoms with E-state index in [9.17, 15) is 0 Å². The molecule has 0 rings (SSSR count). The van der Waals surface area contributed by atoms with Gasteiger partial charge in [-0.3, -0.25) is 0 Å². The Kier molecular flexibility index (Phi) is 2.50. The molecular weight excluding hydrogens is 82.9 g/mol. The van der Waals surface area contributed by atoms with Crippen LogP contribution in [-0.2, 0) is 0 Å². The van der Waals surface area contributed by atoms with Gasteiger partial charge in [-0.25, -0.2) is 0 Å². The van der Waals surface area contributed by atoms with E-state index in [1.54, 1.807) is 0 Å². The van der Waals surface area contributed by atoms with Crippen LogP contribution in [0.5, 0.6) is 0 Å². The predicted octanol–water partition coefficient (Wildman–Crippen LogP) is 1.71. The van der Waals surface area contributed by atoms with Gasteiger partial charge in [0.25, 0.3) is 0 Å². The minimum Gasteiger partial charge on any atom is -0.0963 e. The van der Waals surface area contributed by atoms with Gasteiger partial charge in [0.15, 0.2) is 0 Å². The Bertz CT molecular complexity index is 92.4. The molecule has 0 N–H and O–H groups in total. The molecule has 1 heteroatoms. The van der Waals surface area contributed by atoms with E-state index in [-0.39, 0.29) is 0 Å². The van der Waals surface area contributed by atoms with Gasteiger partial charge in [0.05, 0.1) is 7.85 Å². The lowest BCUT2D eigenvalue weighted by Gasteiger charge is -1.95. The first-order chi connectivity index (χ1) is 3.18. The van der Waals surface area contributed by atoms with Crippen molar-refractivity contribution in [3.8, 4) is 0 Å². The summed E-state index contributed by atoms with van der Waals surface area (Å²) in [6, 6.07) is 0. The van der Waals surface area contributed by atoms with Crippen molar-refractivity contribution < 1.29 is 0 Å². The Hall–Kier alpha value is -0.455. The van der Waals surface area contributed by atoms with Crippen molar-refractivity contribution in [3.05, 3.63) is 24.3 Å². The lowest BCUT2D eigenvalue weighted by atomic mass is 9.94. The highest BCUT2D eigenvalue weighted by Crippen LogP contribution is 2.04.